The van der Waals surface area contributed by atoms with Crippen molar-refractivity contribution in [3.8, 4) is 0 Å². The molecule has 5 heteroatoms. The zero-order chi connectivity index (χ0) is 13.7. The summed E-state index contributed by atoms with van der Waals surface area (Å²) in [5, 5.41) is 0.699. The van der Waals surface area contributed by atoms with Crippen molar-refractivity contribution < 1.29 is 4.79 Å². The predicted octanol–water partition coefficient (Wildman–Crippen LogP) is 1.79. The summed E-state index contributed by atoms with van der Waals surface area (Å²) in [4.78, 5) is 13.7. The number of hydrogen-bond acceptors (Lipinski definition) is 3. The van der Waals surface area contributed by atoms with Crippen LogP contribution in [0.5, 0.6) is 0 Å². The van der Waals surface area contributed by atoms with Gasteiger partial charge in [-0.2, -0.15) is 0 Å². The van der Waals surface area contributed by atoms with Crippen molar-refractivity contribution in [1.82, 2.24) is 10.3 Å². The maximum Gasteiger partial charge on any atom is 0.251 e. The first kappa shape index (κ1) is 15.0. The van der Waals surface area contributed by atoms with Crippen molar-refractivity contribution in [3.63, 3.8) is 0 Å². The highest BCUT2D eigenvalue weighted by molar-refractivity contribution is 6.30. The van der Waals surface area contributed by atoms with E-state index in [1.54, 1.807) is 0 Å². The van der Waals surface area contributed by atoms with Crippen LogP contribution in [-0.4, -0.2) is 23.9 Å². The lowest BCUT2D eigenvalue weighted by molar-refractivity contribution is -0.127. The Bertz CT molecular complexity index is 409. The summed E-state index contributed by atoms with van der Waals surface area (Å²) in [6.07, 6.45) is 0. The summed E-state index contributed by atoms with van der Waals surface area (Å²) >= 11 is 5.94. The first-order valence-electron chi connectivity index (χ1n) is 5.91. The smallest absolute Gasteiger partial charge is 0.251 e. The highest BCUT2D eigenvalue weighted by Gasteiger charge is 2.25. The quantitative estimate of drug-likeness (QED) is 0.487. The third-order valence-electron chi connectivity index (χ3n) is 2.84. The van der Waals surface area contributed by atoms with Crippen LogP contribution in [0.2, 0.25) is 5.02 Å². The largest absolute Gasteiger partial charge is 0.293 e. The zero-order valence-electron chi connectivity index (χ0n) is 11.0. The molecule has 0 aromatic heterocycles. The van der Waals surface area contributed by atoms with E-state index in [1.807, 2.05) is 50.1 Å². The SMILES string of the molecule is CC(C)C(C(=O)NN)N(C)Cc1cccc(Cl)c1. The fourth-order valence-electron chi connectivity index (χ4n) is 2.12. The molecular formula is C13H20ClN3O. The lowest BCUT2D eigenvalue weighted by Gasteiger charge is -2.29. The van der Waals surface area contributed by atoms with Gasteiger partial charge in [-0.1, -0.05) is 37.6 Å². The third-order valence-corrected chi connectivity index (χ3v) is 3.07. The van der Waals surface area contributed by atoms with Crippen LogP contribution in [0.4, 0.5) is 0 Å². The van der Waals surface area contributed by atoms with Gasteiger partial charge in [-0.05, 0) is 30.7 Å². The van der Waals surface area contributed by atoms with Gasteiger partial charge in [0.25, 0.3) is 5.91 Å². The second kappa shape index (κ2) is 6.73. The van der Waals surface area contributed by atoms with E-state index in [0.717, 1.165) is 5.56 Å². The molecule has 0 spiro atoms. The van der Waals surface area contributed by atoms with Gasteiger partial charge >= 0.3 is 0 Å². The van der Waals surface area contributed by atoms with E-state index in [-0.39, 0.29) is 17.9 Å². The van der Waals surface area contributed by atoms with Gasteiger partial charge in [0.15, 0.2) is 0 Å². The number of amides is 1. The molecule has 0 saturated heterocycles. The monoisotopic (exact) mass is 269 g/mol. The Kier molecular flexibility index (Phi) is 5.59. The summed E-state index contributed by atoms with van der Waals surface area (Å²) in [6, 6.07) is 7.36. The Morgan fingerprint density at radius 2 is 2.17 bits per heavy atom. The molecule has 18 heavy (non-hydrogen) atoms. The average Bonchev–Trinajstić information content (AvgIpc) is 2.28. The number of carbonyl (C=O) groups excluding carboxylic acids is 1. The van der Waals surface area contributed by atoms with Gasteiger partial charge in [-0.25, -0.2) is 5.84 Å². The van der Waals surface area contributed by atoms with E-state index in [1.165, 1.54) is 0 Å². The van der Waals surface area contributed by atoms with Crippen molar-refractivity contribution in [2.24, 2.45) is 11.8 Å². The first-order valence-corrected chi connectivity index (χ1v) is 6.28. The average molecular weight is 270 g/mol. The normalized spacial score (nSPS) is 12.8. The number of likely N-dealkylation sites (N-methyl/N-ethyl adjacent to an activating group) is 1. The molecule has 3 N–H and O–H groups in total. The Morgan fingerprint density at radius 1 is 1.50 bits per heavy atom. The summed E-state index contributed by atoms with van der Waals surface area (Å²) in [5.41, 5.74) is 3.29. The lowest BCUT2D eigenvalue weighted by atomic mass is 10.0. The van der Waals surface area contributed by atoms with Crippen molar-refractivity contribution in [3.05, 3.63) is 34.9 Å². The second-order valence-electron chi connectivity index (χ2n) is 4.74. The third kappa shape index (κ3) is 3.98. The molecule has 1 unspecified atom stereocenters. The molecule has 0 heterocycles. The summed E-state index contributed by atoms with van der Waals surface area (Å²) in [6.45, 7) is 4.64. The molecule has 0 aliphatic carbocycles. The first-order chi connectivity index (χ1) is 8.45. The Morgan fingerprint density at radius 3 is 2.67 bits per heavy atom. The fourth-order valence-corrected chi connectivity index (χ4v) is 2.33. The molecule has 100 valence electrons. The summed E-state index contributed by atoms with van der Waals surface area (Å²) in [5.74, 6) is 5.23. The number of carbonyl (C=O) groups is 1. The molecule has 1 rings (SSSR count). The molecule has 4 nitrogen and oxygen atoms in total. The molecule has 0 saturated carbocycles. The van der Waals surface area contributed by atoms with Crippen molar-refractivity contribution in [2.45, 2.75) is 26.4 Å². The van der Waals surface area contributed by atoms with Crippen LogP contribution in [0.15, 0.2) is 24.3 Å². The van der Waals surface area contributed by atoms with E-state index >= 15 is 0 Å². The Labute approximate surface area is 113 Å². The maximum absolute atomic E-state index is 11.7. The summed E-state index contributed by atoms with van der Waals surface area (Å²) < 4.78 is 0. The van der Waals surface area contributed by atoms with E-state index in [9.17, 15) is 4.79 Å². The topological polar surface area (TPSA) is 58.4 Å². The molecule has 1 aromatic rings. The van der Waals surface area contributed by atoms with Gasteiger partial charge in [0, 0.05) is 11.6 Å². The number of nitrogens with zero attached hydrogens (tertiary/aromatic N) is 1. The van der Waals surface area contributed by atoms with Gasteiger partial charge in [-0.3, -0.25) is 15.1 Å². The van der Waals surface area contributed by atoms with E-state index < -0.39 is 0 Å². The van der Waals surface area contributed by atoms with Crippen LogP contribution in [-0.2, 0) is 11.3 Å². The number of rotatable bonds is 5. The van der Waals surface area contributed by atoms with E-state index in [2.05, 4.69) is 5.43 Å². The van der Waals surface area contributed by atoms with Crippen molar-refractivity contribution in [1.29, 1.82) is 0 Å². The minimum Gasteiger partial charge on any atom is -0.293 e. The van der Waals surface area contributed by atoms with Crippen LogP contribution in [0.3, 0.4) is 0 Å². The van der Waals surface area contributed by atoms with Crippen molar-refractivity contribution in [2.75, 3.05) is 7.05 Å². The standard InChI is InChI=1S/C13H20ClN3O/c1-9(2)12(13(18)16-15)17(3)8-10-5-4-6-11(14)7-10/h4-7,9,12H,8,15H2,1-3H3,(H,16,18). The van der Waals surface area contributed by atoms with Gasteiger partial charge < -0.3 is 0 Å². The fraction of sp³-hybridized carbons (Fsp3) is 0.462. The van der Waals surface area contributed by atoms with Crippen LogP contribution < -0.4 is 11.3 Å². The Balaban J connectivity index is 2.78. The highest BCUT2D eigenvalue weighted by atomic mass is 35.5. The molecule has 1 amide bonds. The van der Waals surface area contributed by atoms with Crippen LogP contribution >= 0.6 is 11.6 Å². The molecule has 0 fully saturated rings. The molecule has 0 aliphatic heterocycles. The molecule has 0 bridgehead atoms. The summed E-state index contributed by atoms with van der Waals surface area (Å²) in [7, 11) is 1.90. The highest BCUT2D eigenvalue weighted by Crippen LogP contribution is 2.16. The number of nitrogens with one attached hydrogen (secondary N) is 1. The molecule has 0 radical (unpaired) electrons. The second-order valence-corrected chi connectivity index (χ2v) is 5.18. The predicted molar refractivity (Wildman–Crippen MR) is 73.9 cm³/mol. The van der Waals surface area contributed by atoms with Gasteiger partial charge in [0.05, 0.1) is 6.04 Å². The van der Waals surface area contributed by atoms with Gasteiger partial charge in [0.2, 0.25) is 0 Å². The van der Waals surface area contributed by atoms with E-state index in [0.29, 0.717) is 11.6 Å². The number of hydrazine groups is 1. The lowest BCUT2D eigenvalue weighted by Crippen LogP contribution is -2.50. The van der Waals surface area contributed by atoms with Crippen molar-refractivity contribution >= 4 is 17.5 Å². The van der Waals surface area contributed by atoms with E-state index in [4.69, 9.17) is 17.4 Å². The van der Waals surface area contributed by atoms with Crippen LogP contribution in [0.1, 0.15) is 19.4 Å². The molecule has 0 aliphatic rings. The molecule has 1 atom stereocenters. The maximum atomic E-state index is 11.7. The minimum absolute atomic E-state index is 0.172. The number of halogens is 1. The minimum atomic E-state index is -0.256. The molecule has 1 aromatic carbocycles. The van der Waals surface area contributed by atoms with Crippen LogP contribution in [0.25, 0.3) is 0 Å². The van der Waals surface area contributed by atoms with Gasteiger partial charge in [-0.15, -0.1) is 0 Å². The number of benzene rings is 1. The number of nitrogens with two attached hydrogens (primary N) is 1. The Hall–Kier alpha value is -1.10. The molecular weight excluding hydrogens is 250 g/mol. The van der Waals surface area contributed by atoms with Gasteiger partial charge in [0.1, 0.15) is 0 Å². The number of hydrogen-bond donors (Lipinski definition) is 2. The van der Waals surface area contributed by atoms with Crippen LogP contribution in [0, 0.1) is 5.92 Å². The zero-order valence-corrected chi connectivity index (χ0v) is 11.7.